The van der Waals surface area contributed by atoms with Crippen molar-refractivity contribution in [3.05, 3.63) is 19.2 Å². The lowest BCUT2D eigenvalue weighted by Crippen LogP contribution is -2.32. The number of nitrogens with zero attached hydrogens (tertiary/aromatic N) is 1. The third kappa shape index (κ3) is 3.30. The second kappa shape index (κ2) is 6.91. The Hall–Kier alpha value is 0.110. The third-order valence-corrected chi connectivity index (χ3v) is 7.68. The minimum Gasteiger partial charge on any atom is -0.386 e. The summed E-state index contributed by atoms with van der Waals surface area (Å²) in [5.74, 6) is 0.732. The zero-order chi connectivity index (χ0) is 14.8. The van der Waals surface area contributed by atoms with Crippen molar-refractivity contribution in [3.8, 4) is 6.07 Å². The summed E-state index contributed by atoms with van der Waals surface area (Å²) in [6.45, 7) is 2.21. The highest BCUT2D eigenvalue weighted by atomic mass is 79.9. The Morgan fingerprint density at radius 3 is 2.60 bits per heavy atom. The molecule has 110 valence electrons. The maximum absolute atomic E-state index is 10.7. The Labute approximate surface area is 141 Å². The fourth-order valence-electron chi connectivity index (χ4n) is 3.11. The number of thiophene rings is 1. The molecular formula is C15H19Br2NOS. The van der Waals surface area contributed by atoms with E-state index in [4.69, 9.17) is 0 Å². The summed E-state index contributed by atoms with van der Waals surface area (Å²) in [6.07, 6.45) is 5.51. The van der Waals surface area contributed by atoms with Gasteiger partial charge >= 0.3 is 0 Å². The zero-order valence-corrected chi connectivity index (χ0v) is 15.5. The van der Waals surface area contributed by atoms with Gasteiger partial charge in [0.25, 0.3) is 0 Å². The van der Waals surface area contributed by atoms with Crippen LogP contribution in [0.5, 0.6) is 0 Å². The van der Waals surface area contributed by atoms with Crippen molar-refractivity contribution in [1.82, 2.24) is 0 Å². The molecule has 0 amide bonds. The van der Waals surface area contributed by atoms with Gasteiger partial charge in [-0.25, -0.2) is 0 Å². The van der Waals surface area contributed by atoms with Crippen molar-refractivity contribution in [3.63, 3.8) is 0 Å². The molecule has 0 saturated heterocycles. The molecule has 1 atom stereocenters. The van der Waals surface area contributed by atoms with Crippen LogP contribution < -0.4 is 0 Å². The van der Waals surface area contributed by atoms with E-state index >= 15 is 0 Å². The molecule has 5 heteroatoms. The highest BCUT2D eigenvalue weighted by molar-refractivity contribution is 9.13. The first-order chi connectivity index (χ1) is 9.52. The number of rotatable bonds is 4. The quantitative estimate of drug-likeness (QED) is 0.667. The first kappa shape index (κ1) is 16.5. The molecule has 1 saturated carbocycles. The predicted octanol–water partition coefficient (Wildman–Crippen LogP) is 5.81. The molecule has 1 aromatic rings. The van der Waals surface area contributed by atoms with Gasteiger partial charge in [-0.3, -0.25) is 0 Å². The van der Waals surface area contributed by atoms with Crippen LogP contribution in [0.4, 0.5) is 0 Å². The van der Waals surface area contributed by atoms with Crippen LogP contribution in [-0.4, -0.2) is 5.11 Å². The molecule has 0 bridgehead atoms. The topological polar surface area (TPSA) is 44.0 Å². The molecular weight excluding hydrogens is 402 g/mol. The molecule has 0 aromatic carbocycles. The smallest absolute Gasteiger partial charge is 0.107 e. The largest absolute Gasteiger partial charge is 0.386 e. The van der Waals surface area contributed by atoms with Gasteiger partial charge in [0.2, 0.25) is 0 Å². The van der Waals surface area contributed by atoms with E-state index in [-0.39, 0.29) is 0 Å². The second-order valence-electron chi connectivity index (χ2n) is 5.67. The van der Waals surface area contributed by atoms with Crippen LogP contribution in [0.2, 0.25) is 0 Å². The lowest BCUT2D eigenvalue weighted by atomic mass is 9.67. The lowest BCUT2D eigenvalue weighted by Gasteiger charge is -2.37. The SMILES string of the molecule is CCCC1CCC(C#N)(C(O)c2cc(Br)c(Br)s2)CC1. The van der Waals surface area contributed by atoms with Gasteiger partial charge in [0.15, 0.2) is 0 Å². The summed E-state index contributed by atoms with van der Waals surface area (Å²) in [7, 11) is 0. The third-order valence-electron chi connectivity index (χ3n) is 4.37. The second-order valence-corrected chi connectivity index (χ2v) is 8.93. The fourth-order valence-corrected chi connectivity index (χ4v) is 5.30. The molecule has 0 spiro atoms. The molecule has 1 heterocycles. The zero-order valence-electron chi connectivity index (χ0n) is 11.5. The highest BCUT2D eigenvalue weighted by Gasteiger charge is 2.43. The molecule has 1 unspecified atom stereocenters. The number of nitriles is 1. The van der Waals surface area contributed by atoms with E-state index in [2.05, 4.69) is 44.9 Å². The molecule has 1 aromatic heterocycles. The summed E-state index contributed by atoms with van der Waals surface area (Å²) >= 11 is 8.41. The van der Waals surface area contributed by atoms with Gasteiger partial charge in [-0.15, -0.1) is 11.3 Å². The molecule has 0 radical (unpaired) electrons. The minimum atomic E-state index is -0.678. The van der Waals surface area contributed by atoms with E-state index in [1.165, 1.54) is 24.2 Å². The van der Waals surface area contributed by atoms with E-state index in [9.17, 15) is 10.4 Å². The number of hydrogen-bond acceptors (Lipinski definition) is 3. The number of aliphatic hydroxyl groups is 1. The van der Waals surface area contributed by atoms with Crippen LogP contribution in [0.1, 0.15) is 56.4 Å². The van der Waals surface area contributed by atoms with Crippen molar-refractivity contribution in [1.29, 1.82) is 5.26 Å². The van der Waals surface area contributed by atoms with Gasteiger partial charge < -0.3 is 5.11 Å². The average Bonchev–Trinajstić information content (AvgIpc) is 2.79. The molecule has 1 aliphatic rings. The van der Waals surface area contributed by atoms with Crippen molar-refractivity contribution >= 4 is 43.2 Å². The van der Waals surface area contributed by atoms with Crippen LogP contribution in [0, 0.1) is 22.7 Å². The van der Waals surface area contributed by atoms with Gasteiger partial charge in [-0.05, 0) is 69.5 Å². The van der Waals surface area contributed by atoms with Gasteiger partial charge in [0, 0.05) is 9.35 Å². The van der Waals surface area contributed by atoms with Crippen molar-refractivity contribution in [2.24, 2.45) is 11.3 Å². The molecule has 1 fully saturated rings. The average molecular weight is 421 g/mol. The monoisotopic (exact) mass is 419 g/mol. The summed E-state index contributed by atoms with van der Waals surface area (Å²) in [5.41, 5.74) is -0.603. The van der Waals surface area contributed by atoms with Gasteiger partial charge in [-0.2, -0.15) is 5.26 Å². The number of halogens is 2. The predicted molar refractivity (Wildman–Crippen MR) is 89.6 cm³/mol. The standard InChI is InChI=1S/C15H19Br2NOS/c1-2-3-10-4-6-15(9-18,7-5-10)13(19)12-8-11(16)14(17)20-12/h8,10,13,19H,2-7H2,1H3. The Bertz CT molecular complexity index is 481. The van der Waals surface area contributed by atoms with E-state index in [1.54, 1.807) is 0 Å². The molecule has 2 nitrogen and oxygen atoms in total. The minimum absolute atomic E-state index is 0.603. The van der Waals surface area contributed by atoms with E-state index in [1.807, 2.05) is 6.07 Å². The van der Waals surface area contributed by atoms with E-state index < -0.39 is 11.5 Å². The molecule has 1 aliphatic carbocycles. The summed E-state index contributed by atoms with van der Waals surface area (Å²) in [5, 5.41) is 20.3. The van der Waals surface area contributed by atoms with Crippen LogP contribution in [0.25, 0.3) is 0 Å². The van der Waals surface area contributed by atoms with Crippen molar-refractivity contribution < 1.29 is 5.11 Å². The van der Waals surface area contributed by atoms with Gasteiger partial charge in [-0.1, -0.05) is 19.8 Å². The fraction of sp³-hybridized carbons (Fsp3) is 0.667. The lowest BCUT2D eigenvalue weighted by molar-refractivity contribution is 0.0261. The van der Waals surface area contributed by atoms with Crippen molar-refractivity contribution in [2.75, 3.05) is 0 Å². The first-order valence-corrected chi connectivity index (χ1v) is 9.46. The highest BCUT2D eigenvalue weighted by Crippen LogP contribution is 2.50. The van der Waals surface area contributed by atoms with Crippen LogP contribution in [0.3, 0.4) is 0 Å². The Balaban J connectivity index is 2.14. The maximum atomic E-state index is 10.7. The maximum Gasteiger partial charge on any atom is 0.107 e. The molecule has 1 N–H and O–H groups in total. The van der Waals surface area contributed by atoms with Crippen LogP contribution in [-0.2, 0) is 0 Å². The van der Waals surface area contributed by atoms with E-state index in [0.717, 1.165) is 44.7 Å². The van der Waals surface area contributed by atoms with Crippen molar-refractivity contribution in [2.45, 2.75) is 51.6 Å². The first-order valence-electron chi connectivity index (χ1n) is 7.06. The Morgan fingerprint density at radius 2 is 2.15 bits per heavy atom. The molecule has 20 heavy (non-hydrogen) atoms. The van der Waals surface area contributed by atoms with E-state index in [0.29, 0.717) is 0 Å². The summed E-state index contributed by atoms with van der Waals surface area (Å²) < 4.78 is 1.92. The Kier molecular flexibility index (Phi) is 5.70. The molecule has 2 rings (SSSR count). The molecule has 0 aliphatic heterocycles. The summed E-state index contributed by atoms with van der Waals surface area (Å²) in [4.78, 5) is 0.874. The Morgan fingerprint density at radius 1 is 1.50 bits per heavy atom. The normalized spacial score (nSPS) is 28.1. The number of hydrogen-bond donors (Lipinski definition) is 1. The van der Waals surface area contributed by atoms with Crippen LogP contribution in [0.15, 0.2) is 14.3 Å². The summed E-state index contributed by atoms with van der Waals surface area (Å²) in [6, 6.07) is 4.36. The van der Waals surface area contributed by atoms with Crippen LogP contribution >= 0.6 is 43.2 Å². The van der Waals surface area contributed by atoms with Gasteiger partial charge in [0.05, 0.1) is 15.3 Å². The van der Waals surface area contributed by atoms with Gasteiger partial charge in [0.1, 0.15) is 6.10 Å². The number of aliphatic hydroxyl groups excluding tert-OH is 1.